The molecule has 1 aliphatic heterocycles. The Kier molecular flexibility index (Phi) is 5.61. The van der Waals surface area contributed by atoms with E-state index in [-0.39, 0.29) is 11.2 Å². The predicted octanol–water partition coefficient (Wildman–Crippen LogP) is 4.91. The normalized spacial score (nSPS) is 19.2. The van der Waals surface area contributed by atoms with Gasteiger partial charge in [0.2, 0.25) is 0 Å². The van der Waals surface area contributed by atoms with Crippen LogP contribution < -0.4 is 5.46 Å². The maximum absolute atomic E-state index is 6.73. The minimum absolute atomic E-state index is 0.383. The molecule has 2 aromatic rings. The van der Waals surface area contributed by atoms with Gasteiger partial charge in [0.25, 0.3) is 0 Å². The molecule has 27 heavy (non-hydrogen) atoms. The van der Waals surface area contributed by atoms with E-state index in [4.69, 9.17) is 25.6 Å². The molecule has 0 aliphatic carbocycles. The first-order chi connectivity index (χ1) is 12.4. The summed E-state index contributed by atoms with van der Waals surface area (Å²) in [5.74, 6) is 0. The second-order valence-electron chi connectivity index (χ2n) is 9.62. The monoisotopic (exact) mass is 407 g/mol. The molecule has 7 heteroatoms. The van der Waals surface area contributed by atoms with Crippen LogP contribution in [0.3, 0.4) is 0 Å². The van der Waals surface area contributed by atoms with Crippen LogP contribution in [0.1, 0.15) is 27.7 Å². The van der Waals surface area contributed by atoms with Crippen molar-refractivity contribution in [1.82, 2.24) is 4.57 Å². The zero-order valence-corrected chi connectivity index (χ0v) is 19.3. The van der Waals surface area contributed by atoms with Crippen LogP contribution in [0.25, 0.3) is 10.9 Å². The number of nitrogens with zero attached hydrogens (tertiary/aromatic N) is 1. The molecular weight excluding hydrogens is 377 g/mol. The van der Waals surface area contributed by atoms with Gasteiger partial charge in [-0.3, -0.25) is 0 Å². The molecule has 1 aromatic carbocycles. The lowest BCUT2D eigenvalue weighted by Gasteiger charge is -2.32. The number of hydrogen-bond donors (Lipinski definition) is 0. The van der Waals surface area contributed by atoms with Crippen molar-refractivity contribution in [2.24, 2.45) is 0 Å². The van der Waals surface area contributed by atoms with Gasteiger partial charge < -0.3 is 18.6 Å². The first kappa shape index (κ1) is 20.9. The van der Waals surface area contributed by atoms with Crippen molar-refractivity contribution in [2.75, 3.05) is 6.61 Å². The Balaban J connectivity index is 1.77. The Hall–Kier alpha value is -0.788. The van der Waals surface area contributed by atoms with Crippen molar-refractivity contribution in [3.8, 4) is 0 Å². The highest BCUT2D eigenvalue weighted by Crippen LogP contribution is 2.37. The third-order valence-electron chi connectivity index (χ3n) is 5.65. The minimum atomic E-state index is -1.07. The summed E-state index contributed by atoms with van der Waals surface area (Å²) in [6.45, 7) is 16.6. The van der Waals surface area contributed by atoms with E-state index in [0.29, 0.717) is 11.8 Å². The summed E-state index contributed by atoms with van der Waals surface area (Å²) >= 11 is 6.73. The van der Waals surface area contributed by atoms with Crippen molar-refractivity contribution in [3.05, 3.63) is 29.4 Å². The zero-order chi connectivity index (χ0) is 20.0. The molecular formula is C20H31BClNO3Si. The second kappa shape index (κ2) is 7.23. The van der Waals surface area contributed by atoms with Crippen molar-refractivity contribution in [3.63, 3.8) is 0 Å². The van der Waals surface area contributed by atoms with Gasteiger partial charge in [0.1, 0.15) is 6.73 Å². The summed E-state index contributed by atoms with van der Waals surface area (Å²) < 4.78 is 20.3. The first-order valence-electron chi connectivity index (χ1n) is 9.62. The number of fused-ring (bicyclic) bond motifs is 1. The fourth-order valence-electron chi connectivity index (χ4n) is 3.06. The molecule has 0 atom stereocenters. The Morgan fingerprint density at radius 3 is 2.30 bits per heavy atom. The van der Waals surface area contributed by atoms with E-state index >= 15 is 0 Å². The number of hydrogen-bond acceptors (Lipinski definition) is 3. The molecule has 0 unspecified atom stereocenters. The molecule has 1 saturated heterocycles. The van der Waals surface area contributed by atoms with Gasteiger partial charge in [0.05, 0.1) is 16.7 Å². The predicted molar refractivity (Wildman–Crippen MR) is 117 cm³/mol. The molecule has 0 amide bonds. The lowest BCUT2D eigenvalue weighted by molar-refractivity contribution is 0.00578. The average Bonchev–Trinajstić information content (AvgIpc) is 3.02. The average molecular weight is 408 g/mol. The fourth-order valence-corrected chi connectivity index (χ4v) is 4.13. The summed E-state index contributed by atoms with van der Waals surface area (Å²) in [7, 11) is -1.53. The smallest absolute Gasteiger partial charge is 0.399 e. The maximum Gasteiger partial charge on any atom is 0.496 e. The SMILES string of the molecule is CC1(C)OB(c2ccc3c(ccn3COCC[Si](C)(C)C)c2Cl)OC1(C)C. The molecule has 3 rings (SSSR count). The third-order valence-corrected chi connectivity index (χ3v) is 7.78. The Bertz CT molecular complexity index is 812. The third kappa shape index (κ3) is 4.30. The van der Waals surface area contributed by atoms with E-state index in [9.17, 15) is 0 Å². The first-order valence-corrected chi connectivity index (χ1v) is 13.7. The van der Waals surface area contributed by atoms with Crippen LogP contribution in [0.4, 0.5) is 0 Å². The molecule has 1 aliphatic rings. The number of rotatable bonds is 6. The van der Waals surface area contributed by atoms with Crippen molar-refractivity contribution >= 4 is 43.2 Å². The van der Waals surface area contributed by atoms with Crippen LogP contribution in [-0.2, 0) is 20.8 Å². The van der Waals surface area contributed by atoms with Crippen molar-refractivity contribution < 1.29 is 14.0 Å². The van der Waals surface area contributed by atoms with Crippen LogP contribution in [0, 0.1) is 0 Å². The van der Waals surface area contributed by atoms with Gasteiger partial charge in [0.15, 0.2) is 0 Å². The van der Waals surface area contributed by atoms with E-state index in [2.05, 4.69) is 30.3 Å². The van der Waals surface area contributed by atoms with Crippen LogP contribution in [0.5, 0.6) is 0 Å². The van der Waals surface area contributed by atoms with E-state index in [1.54, 1.807) is 0 Å². The number of ether oxygens (including phenoxy) is 1. The lowest BCUT2D eigenvalue weighted by Crippen LogP contribution is -2.41. The van der Waals surface area contributed by atoms with Crippen molar-refractivity contribution in [1.29, 1.82) is 0 Å². The minimum Gasteiger partial charge on any atom is -0.399 e. The molecule has 0 bridgehead atoms. The number of benzene rings is 1. The lowest BCUT2D eigenvalue weighted by atomic mass is 9.78. The molecule has 0 saturated carbocycles. The molecule has 0 radical (unpaired) electrons. The second-order valence-corrected chi connectivity index (χ2v) is 15.6. The molecule has 0 N–H and O–H groups in total. The van der Waals surface area contributed by atoms with Gasteiger partial charge in [-0.15, -0.1) is 0 Å². The summed E-state index contributed by atoms with van der Waals surface area (Å²) in [5, 5.41) is 1.68. The van der Waals surface area contributed by atoms with Gasteiger partial charge in [-0.05, 0) is 45.9 Å². The Morgan fingerprint density at radius 2 is 1.70 bits per heavy atom. The highest BCUT2D eigenvalue weighted by Gasteiger charge is 2.52. The standard InChI is InChI=1S/C20H31BClNO3Si/c1-19(2)20(3,4)26-21(25-19)16-8-9-17-15(18(16)22)10-11-23(17)14-24-12-13-27(5,6)7/h8-11H,12-14H2,1-7H3. The summed E-state index contributed by atoms with van der Waals surface area (Å²) in [6, 6.07) is 7.28. The van der Waals surface area contributed by atoms with E-state index in [1.807, 2.05) is 46.0 Å². The van der Waals surface area contributed by atoms with Crippen LogP contribution in [-0.4, -0.2) is 37.6 Å². The summed E-state index contributed by atoms with van der Waals surface area (Å²) in [6.07, 6.45) is 2.03. The molecule has 148 valence electrons. The highest BCUT2D eigenvalue weighted by atomic mass is 35.5. The quantitative estimate of drug-likeness (QED) is 0.504. The van der Waals surface area contributed by atoms with Crippen LogP contribution >= 0.6 is 11.6 Å². The topological polar surface area (TPSA) is 32.6 Å². The summed E-state index contributed by atoms with van der Waals surface area (Å²) in [4.78, 5) is 0. The van der Waals surface area contributed by atoms with Gasteiger partial charge in [-0.2, -0.15) is 0 Å². The molecule has 1 fully saturated rings. The zero-order valence-electron chi connectivity index (χ0n) is 17.6. The Morgan fingerprint density at radius 1 is 1.07 bits per heavy atom. The van der Waals surface area contributed by atoms with E-state index in [1.165, 1.54) is 6.04 Å². The molecule has 4 nitrogen and oxygen atoms in total. The van der Waals surface area contributed by atoms with Gasteiger partial charge in [-0.1, -0.05) is 37.3 Å². The largest absolute Gasteiger partial charge is 0.496 e. The maximum atomic E-state index is 6.73. The molecule has 1 aromatic heterocycles. The van der Waals surface area contributed by atoms with E-state index < -0.39 is 15.2 Å². The number of aromatic nitrogens is 1. The molecule has 0 spiro atoms. The summed E-state index contributed by atoms with van der Waals surface area (Å²) in [5.41, 5.74) is 1.17. The van der Waals surface area contributed by atoms with Gasteiger partial charge in [0, 0.05) is 36.7 Å². The van der Waals surface area contributed by atoms with Crippen LogP contribution in [0.2, 0.25) is 30.7 Å². The fraction of sp³-hybridized carbons (Fsp3) is 0.600. The van der Waals surface area contributed by atoms with Gasteiger partial charge in [-0.25, -0.2) is 0 Å². The Labute approximate surface area is 169 Å². The van der Waals surface area contributed by atoms with Crippen molar-refractivity contribution in [2.45, 2.75) is 71.3 Å². The number of halogens is 1. The van der Waals surface area contributed by atoms with Gasteiger partial charge >= 0.3 is 7.12 Å². The molecule has 2 heterocycles. The highest BCUT2D eigenvalue weighted by molar-refractivity contribution is 6.76. The van der Waals surface area contributed by atoms with Crippen LogP contribution in [0.15, 0.2) is 24.4 Å². The van der Waals surface area contributed by atoms with E-state index in [0.717, 1.165) is 23.0 Å².